The second-order valence-electron chi connectivity index (χ2n) is 13.4. The van der Waals surface area contributed by atoms with Crippen molar-refractivity contribution in [2.75, 3.05) is 13.2 Å². The molecular formula is C40H71O9P. The average molecular weight is 727 g/mol. The van der Waals surface area contributed by atoms with E-state index in [-0.39, 0.29) is 25.6 Å². The maximum absolute atomic E-state index is 12.4. The van der Waals surface area contributed by atoms with Crippen molar-refractivity contribution in [2.24, 2.45) is 5.92 Å². The Bertz CT molecular complexity index is 983. The Morgan fingerprint density at radius 2 is 1.10 bits per heavy atom. The van der Waals surface area contributed by atoms with Gasteiger partial charge in [-0.3, -0.25) is 14.1 Å². The van der Waals surface area contributed by atoms with Crippen LogP contribution in [0.25, 0.3) is 0 Å². The third-order valence-electron chi connectivity index (χ3n) is 8.41. The zero-order chi connectivity index (χ0) is 37.1. The zero-order valence-electron chi connectivity index (χ0n) is 31.6. The van der Waals surface area contributed by atoms with Gasteiger partial charge in [-0.25, -0.2) is 4.57 Å². The molecular weight excluding hydrogens is 655 g/mol. The summed E-state index contributed by atoms with van der Waals surface area (Å²) in [6, 6.07) is 0. The first-order valence-corrected chi connectivity index (χ1v) is 20.9. The van der Waals surface area contributed by atoms with Gasteiger partial charge < -0.3 is 24.4 Å². The lowest BCUT2D eigenvalue weighted by molar-refractivity contribution is -0.161. The number of carbonyl (C=O) groups excluding carboxylic acids is 2. The van der Waals surface area contributed by atoms with Crippen molar-refractivity contribution in [1.29, 1.82) is 0 Å². The molecule has 0 aromatic rings. The van der Waals surface area contributed by atoms with Crippen LogP contribution in [0.3, 0.4) is 0 Å². The molecule has 1 unspecified atom stereocenters. The highest BCUT2D eigenvalue weighted by atomic mass is 31.2. The smallest absolute Gasteiger partial charge is 0.462 e. The van der Waals surface area contributed by atoms with E-state index in [9.17, 15) is 19.3 Å². The van der Waals surface area contributed by atoms with Crippen molar-refractivity contribution in [3.05, 3.63) is 48.6 Å². The summed E-state index contributed by atoms with van der Waals surface area (Å²) in [6.45, 7) is 5.51. The molecule has 0 rings (SSSR count). The van der Waals surface area contributed by atoms with E-state index in [1.807, 2.05) is 19.1 Å². The van der Waals surface area contributed by atoms with Crippen molar-refractivity contribution in [1.82, 2.24) is 0 Å². The fraction of sp³-hybridized carbons (Fsp3) is 0.750. The molecule has 10 heteroatoms. The van der Waals surface area contributed by atoms with Crippen molar-refractivity contribution < 1.29 is 43.0 Å². The van der Waals surface area contributed by atoms with Gasteiger partial charge in [0, 0.05) is 12.8 Å². The summed E-state index contributed by atoms with van der Waals surface area (Å²) in [4.78, 5) is 42.7. The number of allylic oxidation sites excluding steroid dienone is 8. The number of phosphoric acid groups is 1. The third kappa shape index (κ3) is 37.2. The van der Waals surface area contributed by atoms with Crippen LogP contribution in [0.2, 0.25) is 0 Å². The van der Waals surface area contributed by atoms with Crippen molar-refractivity contribution in [2.45, 2.75) is 174 Å². The molecule has 0 heterocycles. The van der Waals surface area contributed by atoms with Crippen LogP contribution in [0.4, 0.5) is 0 Å². The van der Waals surface area contributed by atoms with Crippen LogP contribution in [-0.2, 0) is 28.2 Å². The second kappa shape index (κ2) is 34.1. The Balaban J connectivity index is 4.07. The largest absolute Gasteiger partial charge is 0.469 e. The molecule has 0 aromatic heterocycles. The molecule has 50 heavy (non-hydrogen) atoms. The van der Waals surface area contributed by atoms with Gasteiger partial charge >= 0.3 is 19.8 Å². The first-order valence-electron chi connectivity index (χ1n) is 19.4. The predicted octanol–water partition coefficient (Wildman–Crippen LogP) is 10.4. The van der Waals surface area contributed by atoms with E-state index in [1.165, 1.54) is 51.4 Å². The van der Waals surface area contributed by atoms with Crippen molar-refractivity contribution in [3.63, 3.8) is 0 Å². The van der Waals surface area contributed by atoms with E-state index in [0.717, 1.165) is 63.7 Å². The maximum Gasteiger partial charge on any atom is 0.469 e. The molecule has 0 spiro atoms. The first kappa shape index (κ1) is 48.0. The summed E-state index contributed by atoms with van der Waals surface area (Å²) < 4.78 is 26.3. The molecule has 0 bridgehead atoms. The number of rotatable bonds is 34. The standard InChI is InChI=1S/C40H71O9P/c1-4-36(2)30-26-22-18-14-12-13-17-21-25-29-33-40(43)49-38(35-48-50(44,45)46)34-47-39(42)32-28-24-20-16-11-9-7-5-6-8-10-15-19-23-27-31-37(3)41/h6-9,15-16,19-20,36-38,41H,4-5,10-14,17-18,21-35H2,1-3H3,(H2,44,45,46)/b8-6-,9-7-,19-15-,20-16-/t36?,37-,38-/m1/s1. The number of aliphatic hydroxyl groups excluding tert-OH is 1. The van der Waals surface area contributed by atoms with Gasteiger partial charge in [0.05, 0.1) is 12.7 Å². The monoisotopic (exact) mass is 726 g/mol. The summed E-state index contributed by atoms with van der Waals surface area (Å²) >= 11 is 0. The predicted molar refractivity (Wildman–Crippen MR) is 203 cm³/mol. The number of hydrogen-bond donors (Lipinski definition) is 3. The van der Waals surface area contributed by atoms with Crippen LogP contribution in [0.1, 0.15) is 162 Å². The molecule has 0 aliphatic heterocycles. The van der Waals surface area contributed by atoms with Crippen molar-refractivity contribution >= 4 is 19.8 Å². The molecule has 0 aliphatic rings. The maximum atomic E-state index is 12.4. The number of aliphatic hydroxyl groups is 1. The lowest BCUT2D eigenvalue weighted by Gasteiger charge is -2.18. The molecule has 0 radical (unpaired) electrons. The number of hydrogen-bond acceptors (Lipinski definition) is 7. The Morgan fingerprint density at radius 3 is 1.62 bits per heavy atom. The van der Waals surface area contributed by atoms with Gasteiger partial charge in [-0.15, -0.1) is 0 Å². The first-order chi connectivity index (χ1) is 24.0. The van der Waals surface area contributed by atoms with Gasteiger partial charge in [-0.1, -0.05) is 133 Å². The summed E-state index contributed by atoms with van der Waals surface area (Å²) in [5.41, 5.74) is 0. The zero-order valence-corrected chi connectivity index (χ0v) is 32.5. The van der Waals surface area contributed by atoms with Crippen molar-refractivity contribution in [3.8, 4) is 0 Å². The van der Waals surface area contributed by atoms with Crippen LogP contribution in [0.5, 0.6) is 0 Å². The van der Waals surface area contributed by atoms with Gasteiger partial charge in [-0.2, -0.15) is 0 Å². The molecule has 0 amide bonds. The Labute approximate surface area is 304 Å². The number of ether oxygens (including phenoxy) is 2. The average Bonchev–Trinajstić information content (AvgIpc) is 3.07. The third-order valence-corrected chi connectivity index (χ3v) is 8.89. The number of unbranched alkanes of at least 4 members (excludes halogenated alkanes) is 11. The van der Waals surface area contributed by atoms with Crippen LogP contribution in [-0.4, -0.2) is 52.3 Å². The highest BCUT2D eigenvalue weighted by Gasteiger charge is 2.22. The minimum Gasteiger partial charge on any atom is -0.462 e. The number of esters is 2. The highest BCUT2D eigenvalue weighted by Crippen LogP contribution is 2.36. The van der Waals surface area contributed by atoms with E-state index in [4.69, 9.17) is 19.3 Å². The Morgan fingerprint density at radius 1 is 0.620 bits per heavy atom. The molecule has 0 saturated heterocycles. The summed E-state index contributed by atoms with van der Waals surface area (Å²) in [5, 5.41) is 9.24. The van der Waals surface area contributed by atoms with E-state index in [1.54, 1.807) is 0 Å². The SMILES string of the molecule is CCC(C)CCCCCCCCCCCCC(=O)O[C@H](COC(=O)CCC/C=C\C/C=C\C/C=C\C/C=C\CCC[C@@H](C)O)COP(=O)(O)O. The van der Waals surface area contributed by atoms with Gasteiger partial charge in [0.15, 0.2) is 6.10 Å². The quantitative estimate of drug-likeness (QED) is 0.0256. The lowest BCUT2D eigenvalue weighted by atomic mass is 9.99. The van der Waals surface area contributed by atoms with E-state index >= 15 is 0 Å². The van der Waals surface area contributed by atoms with Crippen LogP contribution in [0.15, 0.2) is 48.6 Å². The van der Waals surface area contributed by atoms with E-state index in [0.29, 0.717) is 19.3 Å². The van der Waals surface area contributed by atoms with E-state index in [2.05, 4.69) is 54.8 Å². The minimum absolute atomic E-state index is 0.179. The molecule has 3 atom stereocenters. The normalized spacial score (nSPS) is 14.3. The molecule has 0 saturated carbocycles. The molecule has 0 fully saturated rings. The summed E-state index contributed by atoms with van der Waals surface area (Å²) in [6.07, 6.45) is 36.8. The lowest BCUT2D eigenvalue weighted by Crippen LogP contribution is -2.29. The molecule has 0 aromatic carbocycles. The van der Waals surface area contributed by atoms with Crippen LogP contribution < -0.4 is 0 Å². The Hall–Kier alpha value is -2.03. The minimum atomic E-state index is -4.77. The van der Waals surface area contributed by atoms with Gasteiger partial charge in [0.2, 0.25) is 0 Å². The Kier molecular flexibility index (Phi) is 32.7. The van der Waals surface area contributed by atoms with Crippen LogP contribution in [0, 0.1) is 5.92 Å². The summed E-state index contributed by atoms with van der Waals surface area (Å²) in [7, 11) is -4.77. The molecule has 3 N–H and O–H groups in total. The van der Waals surface area contributed by atoms with Crippen LogP contribution >= 0.6 is 7.82 Å². The molecule has 0 aliphatic carbocycles. The molecule has 9 nitrogen and oxygen atoms in total. The van der Waals surface area contributed by atoms with Gasteiger partial charge in [0.25, 0.3) is 0 Å². The molecule has 290 valence electrons. The number of carbonyl (C=O) groups is 2. The van der Waals surface area contributed by atoms with Gasteiger partial charge in [-0.05, 0) is 70.6 Å². The number of phosphoric ester groups is 1. The van der Waals surface area contributed by atoms with E-state index < -0.39 is 32.5 Å². The topological polar surface area (TPSA) is 140 Å². The summed E-state index contributed by atoms with van der Waals surface area (Å²) in [5.74, 6) is -0.128. The fourth-order valence-electron chi connectivity index (χ4n) is 5.12. The highest BCUT2D eigenvalue weighted by molar-refractivity contribution is 7.46. The second-order valence-corrected chi connectivity index (χ2v) is 14.7. The van der Waals surface area contributed by atoms with Gasteiger partial charge in [0.1, 0.15) is 6.61 Å². The fourth-order valence-corrected chi connectivity index (χ4v) is 5.48.